The summed E-state index contributed by atoms with van der Waals surface area (Å²) >= 11 is 0. The van der Waals surface area contributed by atoms with E-state index in [4.69, 9.17) is 9.84 Å². The van der Waals surface area contributed by atoms with Gasteiger partial charge in [-0.15, -0.1) is 0 Å². The van der Waals surface area contributed by atoms with Crippen molar-refractivity contribution in [1.29, 1.82) is 0 Å². The van der Waals surface area contributed by atoms with E-state index in [2.05, 4.69) is 20.8 Å². The van der Waals surface area contributed by atoms with Crippen LogP contribution < -0.4 is 4.74 Å². The van der Waals surface area contributed by atoms with E-state index in [9.17, 15) is 4.79 Å². The average Bonchev–Trinajstić information content (AvgIpc) is 2.28. The molecule has 0 amide bonds. The quantitative estimate of drug-likeness (QED) is 0.838. The van der Waals surface area contributed by atoms with Crippen molar-refractivity contribution in [2.24, 2.45) is 0 Å². The van der Waals surface area contributed by atoms with Crippen molar-refractivity contribution in [3.05, 3.63) is 29.8 Å². The van der Waals surface area contributed by atoms with E-state index >= 15 is 0 Å². The van der Waals surface area contributed by atoms with Crippen molar-refractivity contribution in [2.75, 3.05) is 0 Å². The number of carboxylic acids is 1. The number of hydrogen-bond acceptors (Lipinski definition) is 2. The van der Waals surface area contributed by atoms with Crippen LogP contribution in [0.1, 0.15) is 46.1 Å². The molecule has 100 valence electrons. The summed E-state index contributed by atoms with van der Waals surface area (Å²) < 4.78 is 5.55. The zero-order chi connectivity index (χ0) is 13.8. The van der Waals surface area contributed by atoms with Crippen LogP contribution in [0.2, 0.25) is 0 Å². The normalized spacial score (nSPS) is 13.1. The maximum Gasteiger partial charge on any atom is 0.307 e. The summed E-state index contributed by atoms with van der Waals surface area (Å²) in [7, 11) is 0. The van der Waals surface area contributed by atoms with E-state index in [-0.39, 0.29) is 17.9 Å². The molecule has 18 heavy (non-hydrogen) atoms. The molecule has 1 rings (SSSR count). The zero-order valence-electron chi connectivity index (χ0n) is 11.6. The van der Waals surface area contributed by atoms with Gasteiger partial charge in [-0.3, -0.25) is 4.79 Å². The highest BCUT2D eigenvalue weighted by Crippen LogP contribution is 2.28. The Labute approximate surface area is 109 Å². The molecular formula is C15H22O3. The van der Waals surface area contributed by atoms with Gasteiger partial charge in [0.25, 0.3) is 0 Å². The topological polar surface area (TPSA) is 46.5 Å². The van der Waals surface area contributed by atoms with Crippen LogP contribution in [0.15, 0.2) is 24.3 Å². The summed E-state index contributed by atoms with van der Waals surface area (Å²) in [5.41, 5.74) is 1.42. The van der Waals surface area contributed by atoms with Crippen LogP contribution >= 0.6 is 0 Å². The minimum atomic E-state index is -0.841. The summed E-state index contributed by atoms with van der Waals surface area (Å²) in [6, 6.07) is 7.91. The molecule has 3 heteroatoms. The van der Waals surface area contributed by atoms with Gasteiger partial charge in [-0.05, 0) is 36.5 Å². The molecule has 0 heterocycles. The fraction of sp³-hybridized carbons (Fsp3) is 0.533. The lowest BCUT2D eigenvalue weighted by Gasteiger charge is -2.23. The molecule has 3 nitrogen and oxygen atoms in total. The van der Waals surface area contributed by atoms with Gasteiger partial charge in [0.05, 0.1) is 6.42 Å². The zero-order valence-corrected chi connectivity index (χ0v) is 11.6. The molecule has 0 aliphatic heterocycles. The Morgan fingerprint density at radius 3 is 2.33 bits per heavy atom. The van der Waals surface area contributed by atoms with Crippen LogP contribution in [0.4, 0.5) is 0 Å². The molecule has 0 aromatic heterocycles. The third-order valence-electron chi connectivity index (χ3n) is 3.32. The van der Waals surface area contributed by atoms with Crippen molar-refractivity contribution in [2.45, 2.75) is 52.1 Å². The Morgan fingerprint density at radius 1 is 1.33 bits per heavy atom. The molecule has 0 saturated carbocycles. The van der Waals surface area contributed by atoms with Crippen LogP contribution in [0.3, 0.4) is 0 Å². The number of hydrogen-bond donors (Lipinski definition) is 1. The van der Waals surface area contributed by atoms with Crippen molar-refractivity contribution < 1.29 is 14.6 Å². The van der Waals surface area contributed by atoms with E-state index in [1.807, 2.05) is 24.3 Å². The van der Waals surface area contributed by atoms with Gasteiger partial charge in [0.15, 0.2) is 0 Å². The van der Waals surface area contributed by atoms with Gasteiger partial charge >= 0.3 is 5.97 Å². The number of ether oxygens (including phenoxy) is 1. The SMILES string of the molecule is CCC(C)(C)c1ccc(O[C@@H](C)CC(=O)O)cc1. The van der Waals surface area contributed by atoms with Gasteiger partial charge in [-0.25, -0.2) is 0 Å². The van der Waals surface area contributed by atoms with Gasteiger partial charge in [-0.1, -0.05) is 32.9 Å². The Morgan fingerprint density at radius 2 is 1.89 bits per heavy atom. The number of rotatable bonds is 6. The molecule has 0 aliphatic rings. The van der Waals surface area contributed by atoms with Crippen LogP contribution in [0, 0.1) is 0 Å². The molecule has 0 aliphatic carbocycles. The largest absolute Gasteiger partial charge is 0.490 e. The van der Waals surface area contributed by atoms with Gasteiger partial charge in [0.2, 0.25) is 0 Å². The lowest BCUT2D eigenvalue weighted by molar-refractivity contribution is -0.138. The maximum atomic E-state index is 10.5. The van der Waals surface area contributed by atoms with E-state index in [1.54, 1.807) is 6.92 Å². The molecule has 0 bridgehead atoms. The molecular weight excluding hydrogens is 228 g/mol. The van der Waals surface area contributed by atoms with Crippen molar-refractivity contribution in [3.63, 3.8) is 0 Å². The van der Waals surface area contributed by atoms with Gasteiger partial charge < -0.3 is 9.84 Å². The Bertz CT molecular complexity index is 393. The fourth-order valence-corrected chi connectivity index (χ4v) is 1.71. The van der Waals surface area contributed by atoms with Crippen LogP contribution in [-0.4, -0.2) is 17.2 Å². The van der Waals surface area contributed by atoms with E-state index < -0.39 is 5.97 Å². The van der Waals surface area contributed by atoms with Crippen LogP contribution in [-0.2, 0) is 10.2 Å². The Hall–Kier alpha value is -1.51. The van der Waals surface area contributed by atoms with Gasteiger partial charge in [0, 0.05) is 0 Å². The summed E-state index contributed by atoms with van der Waals surface area (Å²) in [6.07, 6.45) is 0.776. The first-order chi connectivity index (χ1) is 8.35. The summed E-state index contributed by atoms with van der Waals surface area (Å²) in [5.74, 6) is -0.120. The summed E-state index contributed by atoms with van der Waals surface area (Å²) in [5, 5.41) is 8.66. The van der Waals surface area contributed by atoms with Crippen molar-refractivity contribution in [3.8, 4) is 5.75 Å². The summed E-state index contributed by atoms with van der Waals surface area (Å²) in [6.45, 7) is 8.34. The third kappa shape index (κ3) is 4.06. The standard InChI is InChI=1S/C15H22O3/c1-5-15(3,4)12-6-8-13(9-7-12)18-11(2)10-14(16)17/h6-9,11H,5,10H2,1-4H3,(H,16,17)/t11-/m0/s1. The smallest absolute Gasteiger partial charge is 0.307 e. The second-order valence-corrected chi connectivity index (χ2v) is 5.29. The molecule has 1 N–H and O–H groups in total. The molecule has 1 aromatic carbocycles. The Balaban J connectivity index is 2.69. The molecule has 0 fully saturated rings. The average molecular weight is 250 g/mol. The molecule has 0 spiro atoms. The highest BCUT2D eigenvalue weighted by Gasteiger charge is 2.17. The third-order valence-corrected chi connectivity index (χ3v) is 3.32. The van der Waals surface area contributed by atoms with Crippen molar-refractivity contribution >= 4 is 5.97 Å². The molecule has 1 atom stereocenters. The van der Waals surface area contributed by atoms with Gasteiger partial charge in [0.1, 0.15) is 11.9 Å². The lowest BCUT2D eigenvalue weighted by atomic mass is 9.82. The molecule has 0 saturated heterocycles. The number of carbonyl (C=O) groups is 1. The van der Waals surface area contributed by atoms with Crippen molar-refractivity contribution in [1.82, 2.24) is 0 Å². The molecule has 1 aromatic rings. The highest BCUT2D eigenvalue weighted by atomic mass is 16.5. The fourth-order valence-electron chi connectivity index (χ4n) is 1.71. The Kier molecular flexibility index (Phi) is 4.76. The first kappa shape index (κ1) is 14.6. The molecule has 0 radical (unpaired) electrons. The van der Waals surface area contributed by atoms with E-state index in [0.29, 0.717) is 0 Å². The lowest BCUT2D eigenvalue weighted by Crippen LogP contribution is -2.17. The minimum Gasteiger partial charge on any atom is -0.490 e. The highest BCUT2D eigenvalue weighted by molar-refractivity contribution is 5.67. The summed E-state index contributed by atoms with van der Waals surface area (Å²) in [4.78, 5) is 10.5. The first-order valence-electron chi connectivity index (χ1n) is 6.34. The van der Waals surface area contributed by atoms with Crippen LogP contribution in [0.25, 0.3) is 0 Å². The van der Waals surface area contributed by atoms with E-state index in [0.717, 1.165) is 12.2 Å². The maximum absolute atomic E-state index is 10.5. The molecule has 0 unspecified atom stereocenters. The van der Waals surface area contributed by atoms with E-state index in [1.165, 1.54) is 5.56 Å². The minimum absolute atomic E-state index is 0.0161. The second kappa shape index (κ2) is 5.89. The number of benzene rings is 1. The monoisotopic (exact) mass is 250 g/mol. The predicted octanol–water partition coefficient (Wildman–Crippen LogP) is 3.62. The second-order valence-electron chi connectivity index (χ2n) is 5.29. The van der Waals surface area contributed by atoms with Crippen LogP contribution in [0.5, 0.6) is 5.75 Å². The first-order valence-corrected chi connectivity index (χ1v) is 6.34. The predicted molar refractivity (Wildman–Crippen MR) is 72.1 cm³/mol. The number of carboxylic acid groups (broad SMARTS) is 1. The van der Waals surface area contributed by atoms with Gasteiger partial charge in [-0.2, -0.15) is 0 Å². The number of aliphatic carboxylic acids is 1.